The van der Waals surface area contributed by atoms with Crippen molar-refractivity contribution in [3.63, 3.8) is 0 Å². The highest BCUT2D eigenvalue weighted by Gasteiger charge is 2.27. The van der Waals surface area contributed by atoms with Gasteiger partial charge in [-0.05, 0) is 80.5 Å². The lowest BCUT2D eigenvalue weighted by molar-refractivity contribution is -0.143. The molecule has 300 valence electrons. The Morgan fingerprint density at radius 3 is 2.44 bits per heavy atom. The van der Waals surface area contributed by atoms with Crippen LogP contribution in [0.25, 0.3) is 33.3 Å². The van der Waals surface area contributed by atoms with Crippen molar-refractivity contribution in [2.75, 3.05) is 34.4 Å². The third-order valence-corrected chi connectivity index (χ3v) is 12.3. The fourth-order valence-electron chi connectivity index (χ4n) is 8.21. The van der Waals surface area contributed by atoms with Gasteiger partial charge in [0.15, 0.2) is 0 Å². The largest absolute Gasteiger partial charge is 0.496 e. The molecule has 57 heavy (non-hydrogen) atoms. The van der Waals surface area contributed by atoms with E-state index in [0.29, 0.717) is 70.7 Å². The van der Waals surface area contributed by atoms with E-state index in [0.717, 1.165) is 83.1 Å². The number of benzene rings is 3. The first kappa shape index (κ1) is 40.8. The third-order valence-electron chi connectivity index (χ3n) is 11.2. The highest BCUT2D eigenvalue weighted by Crippen LogP contribution is 2.41. The van der Waals surface area contributed by atoms with Crippen LogP contribution in [-0.4, -0.2) is 77.0 Å². The van der Waals surface area contributed by atoms with E-state index in [4.69, 9.17) is 54.4 Å². The maximum atomic E-state index is 11.6. The highest BCUT2D eigenvalue weighted by atomic mass is 35.5. The van der Waals surface area contributed by atoms with Crippen LogP contribution in [0.5, 0.6) is 11.6 Å². The molecule has 0 bridgehead atoms. The Morgan fingerprint density at radius 2 is 1.72 bits per heavy atom. The number of amides is 1. The van der Waals surface area contributed by atoms with Gasteiger partial charge in [0.2, 0.25) is 11.8 Å². The number of halogens is 3. The smallest absolute Gasteiger partial charge is 0.306 e. The number of ether oxygens (including phenoxy) is 2. The molecule has 14 heteroatoms. The number of carboxylic acid groups (broad SMARTS) is 1. The van der Waals surface area contributed by atoms with E-state index in [1.807, 2.05) is 59.4 Å². The minimum atomic E-state index is -0.679. The number of carbonyl (C=O) groups excluding carboxylic acids is 1. The van der Waals surface area contributed by atoms with Crippen molar-refractivity contribution in [3.05, 3.63) is 92.6 Å². The number of rotatable bonds is 15. The topological polar surface area (TPSA) is 131 Å². The van der Waals surface area contributed by atoms with Gasteiger partial charge in [0.25, 0.3) is 0 Å². The van der Waals surface area contributed by atoms with Gasteiger partial charge in [-0.1, -0.05) is 65.1 Å². The number of nitrogens with one attached hydrogen (secondary N) is 2. The molecule has 1 aliphatic heterocycles. The van der Waals surface area contributed by atoms with Gasteiger partial charge < -0.3 is 30.1 Å². The van der Waals surface area contributed by atoms with E-state index in [1.54, 1.807) is 20.3 Å². The second-order valence-corrected chi connectivity index (χ2v) is 16.3. The van der Waals surface area contributed by atoms with E-state index in [-0.39, 0.29) is 17.9 Å². The molecule has 7 rings (SSSR count). The summed E-state index contributed by atoms with van der Waals surface area (Å²) in [6, 6.07) is 17.8. The number of methoxy groups -OCH3 is 2. The lowest BCUT2D eigenvalue weighted by Gasteiger charge is -2.30. The summed E-state index contributed by atoms with van der Waals surface area (Å²) in [5.41, 5.74) is 6.55. The summed E-state index contributed by atoms with van der Waals surface area (Å²) in [5, 5.41) is 23.1. The molecule has 1 saturated heterocycles. The van der Waals surface area contributed by atoms with Crippen molar-refractivity contribution < 1.29 is 24.2 Å². The summed E-state index contributed by atoms with van der Waals surface area (Å²) in [7, 11) is 5.32. The number of carboxylic acids is 1. The molecule has 5 aromatic rings. The van der Waals surface area contributed by atoms with E-state index < -0.39 is 5.97 Å². The summed E-state index contributed by atoms with van der Waals surface area (Å²) in [6.45, 7) is 3.03. The van der Waals surface area contributed by atoms with Crippen LogP contribution in [0.2, 0.25) is 15.1 Å². The van der Waals surface area contributed by atoms with Crippen molar-refractivity contribution >= 4 is 57.6 Å². The number of carbonyl (C=O) groups is 2. The molecular formula is C43H47Cl3N6O5. The zero-order chi connectivity index (χ0) is 40.2. The maximum Gasteiger partial charge on any atom is 0.306 e. The van der Waals surface area contributed by atoms with Gasteiger partial charge in [-0.3, -0.25) is 14.3 Å². The Morgan fingerprint density at radius 1 is 0.965 bits per heavy atom. The molecule has 1 amide bonds. The average Bonchev–Trinajstić information content (AvgIpc) is 3.81. The Labute approximate surface area is 347 Å². The predicted octanol–water partition coefficient (Wildman–Crippen LogP) is 8.48. The molecular weight excluding hydrogens is 787 g/mol. The molecule has 11 nitrogen and oxygen atoms in total. The Balaban J connectivity index is 1.08. The van der Waals surface area contributed by atoms with Crippen LogP contribution in [0.3, 0.4) is 0 Å². The van der Waals surface area contributed by atoms with Gasteiger partial charge in [0.05, 0.1) is 54.1 Å². The molecule has 3 N–H and O–H groups in total. The first-order chi connectivity index (χ1) is 27.5. The number of aliphatic carboxylic acids is 1. The minimum Gasteiger partial charge on any atom is -0.496 e. The first-order valence-electron chi connectivity index (χ1n) is 19.3. The zero-order valence-corrected chi connectivity index (χ0v) is 34.6. The van der Waals surface area contributed by atoms with Gasteiger partial charge in [0, 0.05) is 71.3 Å². The van der Waals surface area contributed by atoms with E-state index in [1.165, 1.54) is 0 Å². The Bertz CT molecular complexity index is 2270. The maximum absolute atomic E-state index is 11.6. The van der Waals surface area contributed by atoms with Crippen molar-refractivity contribution in [1.82, 2.24) is 30.3 Å². The number of pyridine rings is 1. The summed E-state index contributed by atoms with van der Waals surface area (Å²) in [6.07, 6.45) is 6.52. The Kier molecular flexibility index (Phi) is 12.9. The van der Waals surface area contributed by atoms with Crippen LogP contribution < -0.4 is 20.1 Å². The zero-order valence-electron chi connectivity index (χ0n) is 32.3. The number of nitrogens with zero attached hydrogens (tertiary/aromatic N) is 4. The lowest BCUT2D eigenvalue weighted by Crippen LogP contribution is -2.35. The fourth-order valence-corrected chi connectivity index (χ4v) is 9.03. The molecule has 3 heterocycles. The average molecular weight is 834 g/mol. The molecule has 2 fully saturated rings. The first-order valence-corrected chi connectivity index (χ1v) is 20.4. The van der Waals surface area contributed by atoms with Crippen molar-refractivity contribution in [2.45, 2.75) is 64.2 Å². The second kappa shape index (κ2) is 18.0. The summed E-state index contributed by atoms with van der Waals surface area (Å²) >= 11 is 21.0. The van der Waals surface area contributed by atoms with Gasteiger partial charge in [0.1, 0.15) is 5.75 Å². The van der Waals surface area contributed by atoms with Crippen LogP contribution in [0.15, 0.2) is 60.8 Å². The van der Waals surface area contributed by atoms with Gasteiger partial charge in [-0.15, -0.1) is 0 Å². The van der Waals surface area contributed by atoms with Crippen molar-refractivity contribution in [1.29, 1.82) is 0 Å². The van der Waals surface area contributed by atoms with Crippen molar-refractivity contribution in [2.24, 2.45) is 11.8 Å². The normalized spacial score (nSPS) is 18.3. The molecule has 0 unspecified atom stereocenters. The summed E-state index contributed by atoms with van der Waals surface area (Å²) in [4.78, 5) is 30.0. The third kappa shape index (κ3) is 9.18. The van der Waals surface area contributed by atoms with E-state index in [2.05, 4.69) is 22.6 Å². The van der Waals surface area contributed by atoms with Gasteiger partial charge in [-0.2, -0.15) is 5.10 Å². The molecule has 1 aliphatic carbocycles. The number of fused-ring (bicyclic) bond motifs is 1. The monoisotopic (exact) mass is 832 g/mol. The molecule has 2 aromatic heterocycles. The number of hydrogen-bond acceptors (Lipinski definition) is 8. The van der Waals surface area contributed by atoms with Gasteiger partial charge >= 0.3 is 5.97 Å². The molecule has 1 atom stereocenters. The van der Waals surface area contributed by atoms with Crippen LogP contribution >= 0.6 is 34.8 Å². The quantitative estimate of drug-likeness (QED) is 0.0951. The summed E-state index contributed by atoms with van der Waals surface area (Å²) in [5.74, 6) is 0.808. The highest BCUT2D eigenvalue weighted by molar-refractivity contribution is 6.36. The minimum absolute atomic E-state index is 0.0759. The van der Waals surface area contributed by atoms with Crippen LogP contribution in [-0.2, 0) is 29.2 Å². The molecule has 1 saturated carbocycles. The standard InChI is InChI=1S/C43H47Cl3N6O5/c1-51(22-25-10-12-26(13-11-25)43(54)55)23-28-16-35(44)27(17-39(28)56-2)24-52-38-9-5-6-30(33(38)21-48-52)31-7-4-8-32(41(31)46)37-18-36(45)34(42(50-37)57-3)20-47-19-29-14-15-40(53)49-29/h4-9,16-18,21,25-26,29,47H,10-15,19-20,22-24H2,1-3H3,(H,49,53)(H,54,55)/t25?,26?,29-/m0/s1. The second-order valence-electron chi connectivity index (χ2n) is 15.1. The predicted molar refractivity (Wildman–Crippen MR) is 224 cm³/mol. The van der Waals surface area contributed by atoms with E-state index in [9.17, 15) is 14.7 Å². The van der Waals surface area contributed by atoms with Crippen molar-refractivity contribution in [3.8, 4) is 34.0 Å². The van der Waals surface area contributed by atoms with Gasteiger partial charge in [-0.25, -0.2) is 4.98 Å². The van der Waals surface area contributed by atoms with Crippen LogP contribution in [0, 0.1) is 11.8 Å². The lowest BCUT2D eigenvalue weighted by atomic mass is 9.82. The summed E-state index contributed by atoms with van der Waals surface area (Å²) < 4.78 is 13.5. The SMILES string of the molecule is COc1cc(Cn2ncc3c(-c4cccc(-c5cc(Cl)c(CNC[C@@H]6CCC(=O)N6)c(OC)n5)c4Cl)cccc32)c(Cl)cc1CN(C)CC1CCC(C(=O)O)CC1. The number of hydrogen-bond donors (Lipinski definition) is 3. The van der Waals surface area contributed by atoms with E-state index >= 15 is 0 Å². The fraction of sp³-hybridized carbons (Fsp3) is 0.395. The Hall–Kier alpha value is -4.39. The molecule has 0 radical (unpaired) electrons. The molecule has 3 aromatic carbocycles. The van der Waals surface area contributed by atoms with Crippen LogP contribution in [0.1, 0.15) is 55.2 Å². The molecule has 2 aliphatic rings. The molecule has 0 spiro atoms. The van der Waals surface area contributed by atoms with Crippen LogP contribution in [0.4, 0.5) is 0 Å². The number of aromatic nitrogens is 3.